The van der Waals surface area contributed by atoms with Crippen LogP contribution in [-0.2, 0) is 4.74 Å². The third kappa shape index (κ3) is 4.11. The smallest absolute Gasteiger partial charge is 0.287 e. The van der Waals surface area contributed by atoms with E-state index in [0.29, 0.717) is 30.7 Å². The Morgan fingerprint density at radius 2 is 1.93 bits per heavy atom. The van der Waals surface area contributed by atoms with E-state index in [1.165, 1.54) is 6.07 Å². The fraction of sp³-hybridized carbons (Fsp3) is 0.364. The summed E-state index contributed by atoms with van der Waals surface area (Å²) in [6.45, 7) is 7.01. The van der Waals surface area contributed by atoms with E-state index < -0.39 is 5.91 Å². The number of aryl methyl sites for hydroxylation is 2. The molecule has 1 fully saturated rings. The molecule has 0 aliphatic carbocycles. The van der Waals surface area contributed by atoms with Crippen molar-refractivity contribution >= 4 is 16.9 Å². The van der Waals surface area contributed by atoms with Crippen molar-refractivity contribution in [1.82, 2.24) is 10.2 Å². The van der Waals surface area contributed by atoms with Crippen LogP contribution >= 0.6 is 0 Å². The van der Waals surface area contributed by atoms with Crippen molar-refractivity contribution < 1.29 is 18.4 Å². The molecule has 29 heavy (non-hydrogen) atoms. The topological polar surface area (TPSA) is 84.9 Å². The summed E-state index contributed by atoms with van der Waals surface area (Å²) < 4.78 is 16.7. The van der Waals surface area contributed by atoms with Crippen molar-refractivity contribution in [1.29, 1.82) is 0 Å². The minimum Gasteiger partial charge on any atom is -0.468 e. The van der Waals surface area contributed by atoms with Gasteiger partial charge in [0.05, 0.1) is 30.9 Å². The fourth-order valence-corrected chi connectivity index (χ4v) is 3.58. The lowest BCUT2D eigenvalue weighted by atomic mass is 10.1. The molecule has 2 aromatic heterocycles. The largest absolute Gasteiger partial charge is 0.468 e. The van der Waals surface area contributed by atoms with Crippen LogP contribution < -0.4 is 10.7 Å². The number of amides is 1. The molecule has 1 aliphatic rings. The molecule has 7 nitrogen and oxygen atoms in total. The fourth-order valence-electron chi connectivity index (χ4n) is 3.58. The van der Waals surface area contributed by atoms with Gasteiger partial charge in [-0.25, -0.2) is 0 Å². The summed E-state index contributed by atoms with van der Waals surface area (Å²) in [4.78, 5) is 27.4. The first-order valence-corrected chi connectivity index (χ1v) is 9.71. The molecule has 1 N–H and O–H groups in total. The normalized spacial score (nSPS) is 16.1. The highest BCUT2D eigenvalue weighted by Gasteiger charge is 2.26. The number of rotatable bonds is 5. The number of hydrogen-bond acceptors (Lipinski definition) is 6. The maximum Gasteiger partial charge on any atom is 0.287 e. The van der Waals surface area contributed by atoms with Gasteiger partial charge in [0.15, 0.2) is 11.2 Å². The lowest BCUT2D eigenvalue weighted by Gasteiger charge is -2.33. The number of nitrogens with zero attached hydrogens (tertiary/aromatic N) is 1. The zero-order valence-electron chi connectivity index (χ0n) is 16.6. The van der Waals surface area contributed by atoms with Crippen LogP contribution in [0.25, 0.3) is 11.0 Å². The van der Waals surface area contributed by atoms with Gasteiger partial charge in [0.25, 0.3) is 5.91 Å². The lowest BCUT2D eigenvalue weighted by molar-refractivity contribution is 0.0117. The van der Waals surface area contributed by atoms with Gasteiger partial charge in [-0.1, -0.05) is 0 Å². The lowest BCUT2D eigenvalue weighted by Crippen LogP contribution is -2.43. The minimum atomic E-state index is -0.424. The van der Waals surface area contributed by atoms with Gasteiger partial charge >= 0.3 is 0 Å². The van der Waals surface area contributed by atoms with Gasteiger partial charge in [0.2, 0.25) is 0 Å². The molecular formula is C22H24N2O5. The second kappa shape index (κ2) is 8.23. The van der Waals surface area contributed by atoms with Crippen LogP contribution in [0.4, 0.5) is 0 Å². The summed E-state index contributed by atoms with van der Waals surface area (Å²) in [5.74, 6) is 0.358. The number of carbonyl (C=O) groups excluding carboxylic acids is 1. The second-order valence-electron chi connectivity index (χ2n) is 7.30. The van der Waals surface area contributed by atoms with Crippen molar-refractivity contribution in [2.75, 3.05) is 32.8 Å². The van der Waals surface area contributed by atoms with Crippen molar-refractivity contribution in [3.8, 4) is 0 Å². The Labute approximate surface area is 168 Å². The highest BCUT2D eigenvalue weighted by Crippen LogP contribution is 2.22. The second-order valence-corrected chi connectivity index (χ2v) is 7.30. The molecule has 152 valence electrons. The molecule has 1 atom stereocenters. The standard InChI is InChI=1S/C22H24N2O5/c1-14-10-16-18(25)12-21(29-20(16)11-15(14)2)22(26)23-13-17(19-4-3-7-28-19)24-5-8-27-9-6-24/h3-4,7,10-12,17H,5-6,8-9,13H2,1-2H3,(H,23,26). The first-order chi connectivity index (χ1) is 14.0. The molecule has 0 bridgehead atoms. The Kier molecular flexibility index (Phi) is 5.51. The van der Waals surface area contributed by atoms with E-state index in [1.807, 2.05) is 26.0 Å². The maximum absolute atomic E-state index is 12.7. The van der Waals surface area contributed by atoms with Gasteiger partial charge in [-0.05, 0) is 49.2 Å². The van der Waals surface area contributed by atoms with Crippen molar-refractivity contribution in [2.45, 2.75) is 19.9 Å². The van der Waals surface area contributed by atoms with Crippen LogP contribution in [0.15, 0.2) is 50.2 Å². The summed E-state index contributed by atoms with van der Waals surface area (Å²) in [5, 5.41) is 3.37. The molecule has 7 heteroatoms. The quantitative estimate of drug-likeness (QED) is 0.714. The Morgan fingerprint density at radius 3 is 2.66 bits per heavy atom. The van der Waals surface area contributed by atoms with E-state index in [2.05, 4.69) is 10.2 Å². The summed E-state index contributed by atoms with van der Waals surface area (Å²) in [5.41, 5.74) is 2.20. The van der Waals surface area contributed by atoms with Gasteiger partial charge < -0.3 is 18.9 Å². The molecule has 1 aromatic carbocycles. The molecular weight excluding hydrogens is 372 g/mol. The third-order valence-corrected chi connectivity index (χ3v) is 5.38. The van der Waals surface area contributed by atoms with Crippen LogP contribution in [0.3, 0.4) is 0 Å². The van der Waals surface area contributed by atoms with Crippen LogP contribution in [0.1, 0.15) is 33.5 Å². The van der Waals surface area contributed by atoms with Crippen LogP contribution in [0.5, 0.6) is 0 Å². The number of morpholine rings is 1. The van der Waals surface area contributed by atoms with Gasteiger partial charge in [-0.15, -0.1) is 0 Å². The average molecular weight is 396 g/mol. The maximum atomic E-state index is 12.7. The predicted molar refractivity (Wildman–Crippen MR) is 108 cm³/mol. The number of hydrogen-bond donors (Lipinski definition) is 1. The summed E-state index contributed by atoms with van der Waals surface area (Å²) in [7, 11) is 0. The molecule has 4 rings (SSSR count). The van der Waals surface area contributed by atoms with Crippen molar-refractivity contribution in [3.05, 3.63) is 69.5 Å². The number of fused-ring (bicyclic) bond motifs is 1. The number of nitrogens with one attached hydrogen (secondary N) is 1. The Balaban J connectivity index is 1.55. The van der Waals surface area contributed by atoms with Crippen LogP contribution in [0.2, 0.25) is 0 Å². The Morgan fingerprint density at radius 1 is 1.17 bits per heavy atom. The molecule has 0 spiro atoms. The molecule has 0 saturated carbocycles. The molecule has 1 unspecified atom stereocenters. The number of ether oxygens (including phenoxy) is 1. The highest BCUT2D eigenvalue weighted by atomic mass is 16.5. The predicted octanol–water partition coefficient (Wildman–Crippen LogP) is 2.81. The summed E-state index contributed by atoms with van der Waals surface area (Å²) in [6.07, 6.45) is 1.62. The average Bonchev–Trinajstić information content (AvgIpc) is 3.25. The van der Waals surface area contributed by atoms with E-state index in [0.717, 1.165) is 30.0 Å². The van der Waals surface area contributed by atoms with Gasteiger partial charge in [0, 0.05) is 25.7 Å². The van der Waals surface area contributed by atoms with Gasteiger partial charge in [0.1, 0.15) is 11.3 Å². The number of benzene rings is 1. The molecule has 3 aromatic rings. The van der Waals surface area contributed by atoms with Crippen LogP contribution in [-0.4, -0.2) is 43.7 Å². The van der Waals surface area contributed by atoms with Gasteiger partial charge in [-0.2, -0.15) is 0 Å². The van der Waals surface area contributed by atoms with E-state index >= 15 is 0 Å². The van der Waals surface area contributed by atoms with E-state index in [4.69, 9.17) is 13.6 Å². The molecule has 0 radical (unpaired) electrons. The highest BCUT2D eigenvalue weighted by molar-refractivity contribution is 5.93. The molecule has 1 aliphatic heterocycles. The molecule has 1 saturated heterocycles. The number of carbonyl (C=O) groups is 1. The van der Waals surface area contributed by atoms with Crippen molar-refractivity contribution in [2.24, 2.45) is 0 Å². The summed E-state index contributed by atoms with van der Waals surface area (Å²) in [6, 6.07) is 8.45. The van der Waals surface area contributed by atoms with E-state index in [9.17, 15) is 9.59 Å². The first kappa shape index (κ1) is 19.4. The van der Waals surface area contributed by atoms with Crippen LogP contribution in [0, 0.1) is 13.8 Å². The summed E-state index contributed by atoms with van der Waals surface area (Å²) >= 11 is 0. The Bertz CT molecular complexity index is 1060. The molecule has 3 heterocycles. The Hall–Kier alpha value is -2.90. The number of furan rings is 1. The van der Waals surface area contributed by atoms with Gasteiger partial charge in [-0.3, -0.25) is 14.5 Å². The van der Waals surface area contributed by atoms with E-state index in [-0.39, 0.29) is 17.2 Å². The minimum absolute atomic E-state index is 0.00549. The zero-order chi connectivity index (χ0) is 20.4. The zero-order valence-corrected chi connectivity index (χ0v) is 16.6. The van der Waals surface area contributed by atoms with Crippen molar-refractivity contribution in [3.63, 3.8) is 0 Å². The monoisotopic (exact) mass is 396 g/mol. The first-order valence-electron chi connectivity index (χ1n) is 9.71. The van der Waals surface area contributed by atoms with E-state index in [1.54, 1.807) is 18.4 Å². The third-order valence-electron chi connectivity index (χ3n) is 5.38. The SMILES string of the molecule is Cc1cc2oc(C(=O)NCC(c3ccco3)N3CCOCC3)cc(=O)c2cc1C. The molecule has 1 amide bonds.